The molecule has 0 fully saturated rings. The summed E-state index contributed by atoms with van der Waals surface area (Å²) >= 11 is 2.33. The zero-order valence-electron chi connectivity index (χ0n) is 9.10. The van der Waals surface area contributed by atoms with Crippen molar-refractivity contribution in [2.75, 3.05) is 0 Å². The number of hydrogen-bond donors (Lipinski definition) is 0. The highest BCUT2D eigenvalue weighted by atomic mass is 127. The van der Waals surface area contributed by atoms with E-state index < -0.39 is 0 Å². The maximum atomic E-state index is 4.49. The molecule has 2 aromatic carbocycles. The summed E-state index contributed by atoms with van der Waals surface area (Å²) in [6, 6.07) is 18.8. The molecule has 0 N–H and O–H groups in total. The Kier molecular flexibility index (Phi) is 2.81. The van der Waals surface area contributed by atoms with Gasteiger partial charge in [0.15, 0.2) is 0 Å². The van der Waals surface area contributed by atoms with Gasteiger partial charge in [-0.3, -0.25) is 4.98 Å². The van der Waals surface area contributed by atoms with Gasteiger partial charge in [0.2, 0.25) is 0 Å². The van der Waals surface area contributed by atoms with Gasteiger partial charge in [-0.15, -0.1) is 0 Å². The zero-order valence-corrected chi connectivity index (χ0v) is 11.3. The molecule has 0 amide bonds. The second-order valence-corrected chi connectivity index (χ2v) is 5.02. The number of aromatic nitrogens is 1. The predicted molar refractivity (Wildman–Crippen MR) is 79.9 cm³/mol. The van der Waals surface area contributed by atoms with E-state index in [1.54, 1.807) is 0 Å². The van der Waals surface area contributed by atoms with E-state index in [1.165, 1.54) is 19.9 Å². The second kappa shape index (κ2) is 4.45. The topological polar surface area (TPSA) is 12.9 Å². The van der Waals surface area contributed by atoms with Gasteiger partial charge in [0, 0.05) is 15.3 Å². The van der Waals surface area contributed by atoms with E-state index in [0.717, 1.165) is 5.69 Å². The Balaban J connectivity index is 2.35. The van der Waals surface area contributed by atoms with Crippen molar-refractivity contribution in [2.24, 2.45) is 0 Å². The van der Waals surface area contributed by atoms with Gasteiger partial charge in [0.25, 0.3) is 0 Å². The first-order valence-electron chi connectivity index (χ1n) is 5.45. The summed E-state index contributed by atoms with van der Waals surface area (Å²) in [6.07, 6.45) is 1.85. The van der Waals surface area contributed by atoms with Crippen LogP contribution in [0.5, 0.6) is 0 Å². The molecule has 3 rings (SSSR count). The first-order valence-corrected chi connectivity index (χ1v) is 6.53. The maximum Gasteiger partial charge on any atom is 0.0841 e. The molecule has 0 spiro atoms. The van der Waals surface area contributed by atoms with Gasteiger partial charge in [-0.1, -0.05) is 42.5 Å². The minimum absolute atomic E-state index is 1.06. The van der Waals surface area contributed by atoms with Crippen LogP contribution in [0, 0.1) is 3.57 Å². The van der Waals surface area contributed by atoms with Crippen molar-refractivity contribution in [3.05, 3.63) is 64.4 Å². The van der Waals surface area contributed by atoms with Crippen molar-refractivity contribution in [3.8, 4) is 11.3 Å². The first kappa shape index (κ1) is 10.7. The van der Waals surface area contributed by atoms with Crippen LogP contribution in [-0.2, 0) is 0 Å². The van der Waals surface area contributed by atoms with Crippen LogP contribution in [0.3, 0.4) is 0 Å². The van der Waals surface area contributed by atoms with E-state index in [4.69, 9.17) is 0 Å². The minimum atomic E-state index is 1.06. The summed E-state index contributed by atoms with van der Waals surface area (Å²) in [5, 5.41) is 2.51. The standard InChI is InChI=1S/C15H10IN/c16-14-9-4-10-17-15(14)13-8-3-6-11-5-1-2-7-12(11)13/h1-10H. The molecule has 1 aromatic heterocycles. The molecule has 82 valence electrons. The van der Waals surface area contributed by atoms with Crippen LogP contribution in [0.15, 0.2) is 60.8 Å². The summed E-state index contributed by atoms with van der Waals surface area (Å²) in [7, 11) is 0. The number of benzene rings is 2. The number of rotatable bonds is 1. The van der Waals surface area contributed by atoms with Crippen LogP contribution in [0.2, 0.25) is 0 Å². The number of hydrogen-bond acceptors (Lipinski definition) is 1. The smallest absolute Gasteiger partial charge is 0.0841 e. The number of nitrogens with zero attached hydrogens (tertiary/aromatic N) is 1. The van der Waals surface area contributed by atoms with Gasteiger partial charge in [0.1, 0.15) is 0 Å². The highest BCUT2D eigenvalue weighted by molar-refractivity contribution is 14.1. The summed E-state index contributed by atoms with van der Waals surface area (Å²) in [5.74, 6) is 0. The Hall–Kier alpha value is -1.42. The Morgan fingerprint density at radius 3 is 2.53 bits per heavy atom. The van der Waals surface area contributed by atoms with E-state index in [1.807, 2.05) is 12.3 Å². The van der Waals surface area contributed by atoms with E-state index >= 15 is 0 Å². The third-order valence-corrected chi connectivity index (χ3v) is 3.67. The molecular formula is C15H10IN. The molecule has 0 bridgehead atoms. The SMILES string of the molecule is Ic1cccnc1-c1cccc2ccccc12. The van der Waals surface area contributed by atoms with Crippen molar-refractivity contribution in [2.45, 2.75) is 0 Å². The average molecular weight is 331 g/mol. The normalized spacial score (nSPS) is 10.6. The molecule has 0 atom stereocenters. The monoisotopic (exact) mass is 331 g/mol. The van der Waals surface area contributed by atoms with E-state index in [2.05, 4.69) is 76.1 Å². The highest BCUT2D eigenvalue weighted by Crippen LogP contribution is 2.29. The highest BCUT2D eigenvalue weighted by Gasteiger charge is 2.07. The van der Waals surface area contributed by atoms with Crippen LogP contribution >= 0.6 is 22.6 Å². The lowest BCUT2D eigenvalue weighted by molar-refractivity contribution is 1.31. The van der Waals surface area contributed by atoms with Crippen LogP contribution in [0.25, 0.3) is 22.0 Å². The van der Waals surface area contributed by atoms with Gasteiger partial charge in [-0.2, -0.15) is 0 Å². The van der Waals surface area contributed by atoms with Crippen molar-refractivity contribution in [3.63, 3.8) is 0 Å². The van der Waals surface area contributed by atoms with Crippen LogP contribution in [-0.4, -0.2) is 4.98 Å². The van der Waals surface area contributed by atoms with Crippen LogP contribution in [0.1, 0.15) is 0 Å². The number of fused-ring (bicyclic) bond motifs is 1. The third-order valence-electron chi connectivity index (χ3n) is 2.80. The number of halogens is 1. The lowest BCUT2D eigenvalue weighted by Gasteiger charge is -2.07. The average Bonchev–Trinajstić information content (AvgIpc) is 2.39. The molecule has 0 unspecified atom stereocenters. The molecule has 2 heteroatoms. The van der Waals surface area contributed by atoms with Gasteiger partial charge in [-0.25, -0.2) is 0 Å². The second-order valence-electron chi connectivity index (χ2n) is 3.86. The molecule has 1 heterocycles. The molecule has 0 aliphatic carbocycles. The van der Waals surface area contributed by atoms with Gasteiger partial charge in [0.05, 0.1) is 5.69 Å². The predicted octanol–water partition coefficient (Wildman–Crippen LogP) is 4.51. The molecule has 17 heavy (non-hydrogen) atoms. The summed E-state index contributed by atoms with van der Waals surface area (Å²) in [4.78, 5) is 4.49. The minimum Gasteiger partial charge on any atom is -0.255 e. The molecule has 0 saturated carbocycles. The lowest BCUT2D eigenvalue weighted by atomic mass is 10.0. The van der Waals surface area contributed by atoms with E-state index in [0.29, 0.717) is 0 Å². The lowest BCUT2D eigenvalue weighted by Crippen LogP contribution is -1.88. The summed E-state index contributed by atoms with van der Waals surface area (Å²) < 4.78 is 1.18. The van der Waals surface area contributed by atoms with Crippen molar-refractivity contribution < 1.29 is 0 Å². The first-order chi connectivity index (χ1) is 8.36. The van der Waals surface area contributed by atoms with Gasteiger partial charge >= 0.3 is 0 Å². The summed E-state index contributed by atoms with van der Waals surface area (Å²) in [6.45, 7) is 0. The Bertz CT molecular complexity index is 671. The van der Waals surface area contributed by atoms with Crippen molar-refractivity contribution in [1.29, 1.82) is 0 Å². The summed E-state index contributed by atoms with van der Waals surface area (Å²) in [5.41, 5.74) is 2.26. The fraction of sp³-hybridized carbons (Fsp3) is 0. The Morgan fingerprint density at radius 2 is 1.65 bits per heavy atom. The number of pyridine rings is 1. The quantitative estimate of drug-likeness (QED) is 0.598. The zero-order chi connectivity index (χ0) is 11.7. The molecule has 1 nitrogen and oxygen atoms in total. The molecule has 0 saturated heterocycles. The molecule has 0 aliphatic rings. The van der Waals surface area contributed by atoms with Gasteiger partial charge < -0.3 is 0 Å². The van der Waals surface area contributed by atoms with Crippen molar-refractivity contribution >= 4 is 33.4 Å². The van der Waals surface area contributed by atoms with Crippen LogP contribution < -0.4 is 0 Å². The molecule has 3 aromatic rings. The van der Waals surface area contributed by atoms with E-state index in [9.17, 15) is 0 Å². The van der Waals surface area contributed by atoms with Gasteiger partial charge in [-0.05, 0) is 45.5 Å². The fourth-order valence-electron chi connectivity index (χ4n) is 2.02. The Labute approximate surface area is 114 Å². The molecule has 0 aliphatic heterocycles. The van der Waals surface area contributed by atoms with Crippen LogP contribution in [0.4, 0.5) is 0 Å². The molecular weight excluding hydrogens is 321 g/mol. The molecule has 0 radical (unpaired) electrons. The van der Waals surface area contributed by atoms with E-state index in [-0.39, 0.29) is 0 Å². The third kappa shape index (κ3) is 1.93. The largest absolute Gasteiger partial charge is 0.255 e. The maximum absolute atomic E-state index is 4.49. The Morgan fingerprint density at radius 1 is 0.824 bits per heavy atom. The van der Waals surface area contributed by atoms with Crippen molar-refractivity contribution in [1.82, 2.24) is 4.98 Å². The fourth-order valence-corrected chi connectivity index (χ4v) is 2.65.